The minimum Gasteiger partial charge on any atom is -0.270 e. The van der Waals surface area contributed by atoms with Gasteiger partial charge in [-0.1, -0.05) is 0 Å². The van der Waals surface area contributed by atoms with Crippen LogP contribution in [0.3, 0.4) is 0 Å². The number of alkyl halides is 24. The fraction of sp³-hybridized carbons (Fsp3) is 1.00. The highest BCUT2D eigenvalue weighted by atomic mass is 19.5. The van der Waals surface area contributed by atoms with Crippen LogP contribution in [-0.4, -0.2) is 66.0 Å². The molecule has 218 valence electrons. The third-order valence-electron chi connectivity index (χ3n) is 3.83. The van der Waals surface area contributed by atoms with E-state index in [9.17, 15) is 105 Å². The molecule has 0 aromatic heterocycles. The van der Waals surface area contributed by atoms with Gasteiger partial charge >= 0.3 is 66.0 Å². The highest BCUT2D eigenvalue weighted by molar-refractivity contribution is 5.20. The van der Waals surface area contributed by atoms with Gasteiger partial charge in [0, 0.05) is 0 Å². The fourth-order valence-electron chi connectivity index (χ4n) is 2.03. The molecule has 1 nitrogen and oxygen atoms in total. The predicted molar refractivity (Wildman–Crippen MR) is 57.7 cm³/mol. The van der Waals surface area contributed by atoms with Gasteiger partial charge in [0.15, 0.2) is 0 Å². The maximum absolute atomic E-state index is 14.4. The summed E-state index contributed by atoms with van der Waals surface area (Å²) in [5.41, 5.74) is -19.0. The highest BCUT2D eigenvalue weighted by Gasteiger charge is 3.00. The van der Waals surface area contributed by atoms with Gasteiger partial charge in [-0.2, -0.15) is 92.2 Å². The van der Waals surface area contributed by atoms with Crippen LogP contribution in [0.4, 0.5) is 105 Å². The zero-order valence-electron chi connectivity index (χ0n) is 15.0. The second-order valence-electron chi connectivity index (χ2n) is 6.17. The molecule has 0 spiro atoms. The van der Waals surface area contributed by atoms with E-state index in [0.717, 1.165) is 0 Å². The van der Waals surface area contributed by atoms with Crippen LogP contribution in [0.5, 0.6) is 0 Å². The minimum absolute atomic E-state index is 0.648. The molecule has 0 amide bonds. The standard InChI is InChI=1S/C11F24O/c12-1(6(19,20)21,7(22,23)24)5(18,2(13,8(25,26)27)9(28,29)30)36-11(34,35)4(16,17)3(14,15)10(31,32)33. The van der Waals surface area contributed by atoms with Gasteiger partial charge in [0.25, 0.3) is 0 Å². The van der Waals surface area contributed by atoms with E-state index in [2.05, 4.69) is 0 Å². The summed E-state index contributed by atoms with van der Waals surface area (Å²) in [6.45, 7) is 0. The Kier molecular flexibility index (Phi) is 7.75. The SMILES string of the molecule is FC(F)(F)C(F)(F)C(F)(F)C(F)(F)OC(F)(C(F)(C(F)(F)F)C(F)(F)F)C(F)(C(F)(F)F)C(F)(F)F. The van der Waals surface area contributed by atoms with E-state index in [-0.39, 0.29) is 0 Å². The van der Waals surface area contributed by atoms with Gasteiger partial charge in [-0.25, -0.2) is 13.2 Å². The first-order chi connectivity index (χ1) is 15.0. The molecule has 0 rings (SSSR count). The second kappa shape index (κ2) is 8.14. The quantitative estimate of drug-likeness (QED) is 0.282. The van der Waals surface area contributed by atoms with E-state index in [1.165, 1.54) is 0 Å². The van der Waals surface area contributed by atoms with Gasteiger partial charge < -0.3 is 0 Å². The molecule has 36 heavy (non-hydrogen) atoms. The first kappa shape index (κ1) is 34.3. The van der Waals surface area contributed by atoms with Crippen LogP contribution in [0.1, 0.15) is 0 Å². The molecule has 0 atom stereocenters. The van der Waals surface area contributed by atoms with Gasteiger partial charge in [-0.15, -0.1) is 0 Å². The molecule has 0 heterocycles. The van der Waals surface area contributed by atoms with E-state index < -0.39 is 66.0 Å². The first-order valence-corrected chi connectivity index (χ1v) is 7.19. The molecule has 0 unspecified atom stereocenters. The van der Waals surface area contributed by atoms with Crippen LogP contribution in [0, 0.1) is 0 Å². The molecule has 0 radical (unpaired) electrons. The van der Waals surface area contributed by atoms with Crippen LogP contribution < -0.4 is 0 Å². The molecule has 0 aromatic carbocycles. The van der Waals surface area contributed by atoms with Gasteiger partial charge in [-0.3, -0.25) is 4.74 Å². The van der Waals surface area contributed by atoms with Gasteiger partial charge in [0.2, 0.25) is 0 Å². The molecule has 0 N–H and O–H groups in total. The summed E-state index contributed by atoms with van der Waals surface area (Å²) in [7, 11) is 0. The van der Waals surface area contributed by atoms with Crippen molar-refractivity contribution in [2.45, 2.75) is 66.0 Å². The molecule has 0 aliphatic carbocycles. The third kappa shape index (κ3) is 4.34. The van der Waals surface area contributed by atoms with Gasteiger partial charge in [-0.05, 0) is 0 Å². The number of ether oxygens (including phenoxy) is 1. The average Bonchev–Trinajstić information content (AvgIpc) is 2.54. The first-order valence-electron chi connectivity index (χ1n) is 7.19. The summed E-state index contributed by atoms with van der Waals surface area (Å²) in [5.74, 6) is -27.3. The number of hydrogen-bond acceptors (Lipinski definition) is 1. The summed E-state index contributed by atoms with van der Waals surface area (Å²) >= 11 is 0. The lowest BCUT2D eigenvalue weighted by molar-refractivity contribution is -0.544. The lowest BCUT2D eigenvalue weighted by atomic mass is 9.80. The Balaban J connectivity index is 8.02. The maximum Gasteiger partial charge on any atom is 0.460 e. The van der Waals surface area contributed by atoms with Crippen LogP contribution in [0.25, 0.3) is 0 Å². The minimum atomic E-state index is -9.73. The van der Waals surface area contributed by atoms with Crippen molar-refractivity contribution in [3.63, 3.8) is 0 Å². The van der Waals surface area contributed by atoms with E-state index in [0.29, 0.717) is 4.74 Å². The van der Waals surface area contributed by atoms with Crippen molar-refractivity contribution in [1.82, 2.24) is 0 Å². The van der Waals surface area contributed by atoms with Crippen molar-refractivity contribution in [2.24, 2.45) is 0 Å². The summed E-state index contributed by atoms with van der Waals surface area (Å²) in [4.78, 5) is 0. The maximum atomic E-state index is 14.4. The Morgan fingerprint density at radius 1 is 0.278 bits per heavy atom. The van der Waals surface area contributed by atoms with Crippen molar-refractivity contribution < 1.29 is 110 Å². The Labute approximate surface area is 177 Å². The Morgan fingerprint density at radius 2 is 0.500 bits per heavy atom. The van der Waals surface area contributed by atoms with E-state index in [1.54, 1.807) is 0 Å². The van der Waals surface area contributed by atoms with Crippen LogP contribution >= 0.6 is 0 Å². The summed E-state index contributed by atoms with van der Waals surface area (Å²) in [6.07, 6.45) is -52.8. The van der Waals surface area contributed by atoms with Crippen molar-refractivity contribution in [2.75, 3.05) is 0 Å². The fourth-order valence-corrected chi connectivity index (χ4v) is 2.03. The van der Waals surface area contributed by atoms with E-state index in [4.69, 9.17) is 0 Å². The van der Waals surface area contributed by atoms with Crippen molar-refractivity contribution in [1.29, 1.82) is 0 Å². The van der Waals surface area contributed by atoms with Crippen LogP contribution in [0.15, 0.2) is 0 Å². The molecule has 0 bridgehead atoms. The molecule has 0 aromatic rings. The predicted octanol–water partition coefficient (Wildman–Crippen LogP) is 7.76. The number of rotatable bonds is 6. The lowest BCUT2D eigenvalue weighted by Gasteiger charge is -2.49. The molecular formula is C11F24O. The average molecular weight is 604 g/mol. The number of hydrogen-bond donors (Lipinski definition) is 0. The second-order valence-corrected chi connectivity index (χ2v) is 6.17. The van der Waals surface area contributed by atoms with Gasteiger partial charge in [0.1, 0.15) is 0 Å². The smallest absolute Gasteiger partial charge is 0.270 e. The summed E-state index contributed by atoms with van der Waals surface area (Å²) in [6, 6.07) is 0. The number of halogens is 24. The summed E-state index contributed by atoms with van der Waals surface area (Å²) < 4.78 is 308. The van der Waals surface area contributed by atoms with Gasteiger partial charge in [0.05, 0.1) is 0 Å². The Morgan fingerprint density at radius 3 is 0.667 bits per heavy atom. The Hall–Kier alpha value is -1.72. The normalized spacial score (nSPS) is 17.0. The topological polar surface area (TPSA) is 9.23 Å². The lowest BCUT2D eigenvalue weighted by Crippen LogP contribution is -2.82. The molecule has 0 saturated carbocycles. The van der Waals surface area contributed by atoms with Crippen LogP contribution in [0.2, 0.25) is 0 Å². The monoisotopic (exact) mass is 604 g/mol. The third-order valence-corrected chi connectivity index (χ3v) is 3.83. The molecular weight excluding hydrogens is 604 g/mol. The molecule has 0 fully saturated rings. The van der Waals surface area contributed by atoms with Crippen molar-refractivity contribution >= 4 is 0 Å². The molecule has 0 saturated heterocycles. The molecule has 25 heteroatoms. The highest BCUT2D eigenvalue weighted by Crippen LogP contribution is 2.67. The van der Waals surface area contributed by atoms with Crippen molar-refractivity contribution in [3.05, 3.63) is 0 Å². The summed E-state index contributed by atoms with van der Waals surface area (Å²) in [5, 5.41) is 0. The molecule has 0 aliphatic heterocycles. The largest absolute Gasteiger partial charge is 0.460 e. The van der Waals surface area contributed by atoms with Crippen LogP contribution in [-0.2, 0) is 4.74 Å². The zero-order chi connectivity index (χ0) is 30.2. The van der Waals surface area contributed by atoms with Crippen molar-refractivity contribution in [3.8, 4) is 0 Å². The Bertz CT molecular complexity index is 719. The zero-order valence-corrected chi connectivity index (χ0v) is 15.0. The van der Waals surface area contributed by atoms with E-state index >= 15 is 0 Å². The molecule has 0 aliphatic rings. The van der Waals surface area contributed by atoms with E-state index in [1.807, 2.05) is 0 Å².